The van der Waals surface area contributed by atoms with Crippen LogP contribution in [-0.4, -0.2) is 22.8 Å². The van der Waals surface area contributed by atoms with Crippen molar-refractivity contribution < 1.29 is 35.9 Å². The molecule has 0 spiro atoms. The van der Waals surface area contributed by atoms with Gasteiger partial charge in [0.25, 0.3) is 0 Å². The largest absolute Gasteiger partial charge is 0.466 e. The molecule has 30 heavy (non-hydrogen) atoms. The van der Waals surface area contributed by atoms with E-state index in [0.29, 0.717) is 6.07 Å². The molecule has 2 N–H and O–H groups in total. The highest BCUT2D eigenvalue weighted by Crippen LogP contribution is 2.42. The summed E-state index contributed by atoms with van der Waals surface area (Å²) in [7, 11) is 2.85. The molecule has 3 nitrogen and oxygen atoms in total. The van der Waals surface area contributed by atoms with Crippen LogP contribution in [0.15, 0.2) is 18.2 Å². The van der Waals surface area contributed by atoms with Crippen LogP contribution in [0.2, 0.25) is 0 Å². The summed E-state index contributed by atoms with van der Waals surface area (Å²) in [5.74, 6) is -4.99. The van der Waals surface area contributed by atoms with Gasteiger partial charge in [0.15, 0.2) is 0 Å². The van der Waals surface area contributed by atoms with Crippen molar-refractivity contribution in [1.82, 2.24) is 0 Å². The fraction of sp³-hybridized carbons (Fsp3) is 0.350. The molecule has 0 aliphatic rings. The zero-order valence-electron chi connectivity index (χ0n) is 16.3. The molecule has 0 aliphatic heterocycles. The predicted octanol–water partition coefficient (Wildman–Crippen LogP) is 4.64. The Morgan fingerprint density at radius 1 is 1.07 bits per heavy atom. The minimum Gasteiger partial charge on any atom is -0.466 e. The predicted molar refractivity (Wildman–Crippen MR) is 99.1 cm³/mol. The third-order valence-electron chi connectivity index (χ3n) is 4.45. The molecule has 0 aromatic heterocycles. The molecule has 3 radical (unpaired) electrons. The highest BCUT2D eigenvalue weighted by molar-refractivity contribution is 6.17. The minimum absolute atomic E-state index is 0.0424. The molecule has 2 aromatic carbocycles. The van der Waals surface area contributed by atoms with Gasteiger partial charge >= 0.3 is 12.1 Å². The van der Waals surface area contributed by atoms with Gasteiger partial charge in [-0.3, -0.25) is 4.79 Å². The highest BCUT2D eigenvalue weighted by atomic mass is 28.1. The lowest BCUT2D eigenvalue weighted by atomic mass is 9.89. The average Bonchev–Trinajstić information content (AvgIpc) is 2.54. The van der Waals surface area contributed by atoms with Crippen LogP contribution >= 0.6 is 0 Å². The van der Waals surface area contributed by atoms with Gasteiger partial charge in [0.05, 0.1) is 28.8 Å². The lowest BCUT2D eigenvalue weighted by Crippen LogP contribution is -2.42. The first kappa shape index (κ1) is 23.9. The zero-order chi connectivity index (χ0) is 23.0. The van der Waals surface area contributed by atoms with E-state index in [0.717, 1.165) is 12.1 Å². The van der Waals surface area contributed by atoms with Crippen LogP contribution in [-0.2, 0) is 20.9 Å². The molecule has 161 valence electrons. The van der Waals surface area contributed by atoms with Crippen LogP contribution in [0.1, 0.15) is 35.6 Å². The van der Waals surface area contributed by atoms with E-state index in [9.17, 15) is 26.7 Å². The Morgan fingerprint density at radius 3 is 2.07 bits per heavy atom. The van der Waals surface area contributed by atoms with Crippen molar-refractivity contribution in [1.29, 1.82) is 0 Å². The van der Waals surface area contributed by atoms with E-state index in [1.807, 2.05) is 0 Å². The number of benzene rings is 2. The van der Waals surface area contributed by atoms with Crippen LogP contribution < -0.4 is 5.73 Å². The van der Waals surface area contributed by atoms with Gasteiger partial charge in [0.1, 0.15) is 17.5 Å². The van der Waals surface area contributed by atoms with Gasteiger partial charge < -0.3 is 10.5 Å². The number of carbonyl (C=O) groups excluding carboxylic acids is 1. The third-order valence-corrected chi connectivity index (χ3v) is 4.87. The summed E-state index contributed by atoms with van der Waals surface area (Å²) < 4.78 is 89.1. The Morgan fingerprint density at radius 2 is 1.60 bits per heavy atom. The lowest BCUT2D eigenvalue weighted by molar-refractivity contribution is -0.143. The molecule has 1 atom stereocenters. The Kier molecular flexibility index (Phi) is 6.72. The molecule has 2 aromatic rings. The van der Waals surface area contributed by atoms with Gasteiger partial charge in [-0.2, -0.15) is 13.2 Å². The number of ether oxygens (including phenoxy) is 1. The molecule has 2 rings (SSSR count). The molecule has 0 bridgehead atoms. The van der Waals surface area contributed by atoms with Crippen LogP contribution in [0.25, 0.3) is 11.1 Å². The maximum Gasteiger partial charge on any atom is 0.419 e. The number of hydrogen-bond donors (Lipinski definition) is 1. The number of esters is 1. The second-order valence-electron chi connectivity index (χ2n) is 6.84. The maximum absolute atomic E-state index is 15.4. The summed E-state index contributed by atoms with van der Waals surface area (Å²) in [5.41, 5.74) is 2.50. The van der Waals surface area contributed by atoms with E-state index in [1.165, 1.54) is 20.8 Å². The number of nitrogens with two attached hydrogens (primary N) is 1. The van der Waals surface area contributed by atoms with Crippen LogP contribution in [0.4, 0.5) is 26.3 Å². The Labute approximate surface area is 172 Å². The number of rotatable bonds is 5. The first-order chi connectivity index (χ1) is 13.7. The highest BCUT2D eigenvalue weighted by Gasteiger charge is 2.42. The van der Waals surface area contributed by atoms with E-state index in [2.05, 4.69) is 15.0 Å². The number of hydrogen-bond acceptors (Lipinski definition) is 3. The molecular weight excluding hydrogens is 428 g/mol. The van der Waals surface area contributed by atoms with Crippen LogP contribution in [0, 0.1) is 31.3 Å². The summed E-state index contributed by atoms with van der Waals surface area (Å²) in [4.78, 5) is 11.8. The van der Waals surface area contributed by atoms with E-state index in [-0.39, 0.29) is 23.3 Å². The van der Waals surface area contributed by atoms with E-state index >= 15 is 4.39 Å². The molecule has 0 fully saturated rings. The van der Waals surface area contributed by atoms with Crippen molar-refractivity contribution in [2.75, 3.05) is 6.61 Å². The molecule has 0 saturated heterocycles. The SMILES string of the molecule is CCOC(=O)C[C@](N)([Si])c1c(F)c(-c2c(C)cc(F)cc2C)cc(C(F)(F)F)c1F. The van der Waals surface area contributed by atoms with E-state index < -0.39 is 57.9 Å². The number of alkyl halides is 3. The topological polar surface area (TPSA) is 52.3 Å². The minimum atomic E-state index is -5.19. The van der Waals surface area contributed by atoms with Crippen molar-refractivity contribution >= 4 is 16.2 Å². The van der Waals surface area contributed by atoms with E-state index in [1.54, 1.807) is 0 Å². The Bertz CT molecular complexity index is 965. The Hall–Kier alpha value is -2.33. The smallest absolute Gasteiger partial charge is 0.419 e. The van der Waals surface area contributed by atoms with Crippen molar-refractivity contribution in [2.24, 2.45) is 5.73 Å². The fourth-order valence-electron chi connectivity index (χ4n) is 3.28. The Balaban J connectivity index is 2.88. The third kappa shape index (κ3) is 4.70. The average molecular weight is 446 g/mol. The van der Waals surface area contributed by atoms with Crippen LogP contribution in [0.3, 0.4) is 0 Å². The normalized spacial score (nSPS) is 13.8. The first-order valence-corrected chi connectivity index (χ1v) is 9.27. The molecule has 0 heterocycles. The van der Waals surface area contributed by atoms with Gasteiger partial charge in [0.2, 0.25) is 0 Å². The van der Waals surface area contributed by atoms with Gasteiger partial charge in [-0.1, -0.05) is 0 Å². The molecule has 10 heteroatoms. The van der Waals surface area contributed by atoms with Crippen LogP contribution in [0.5, 0.6) is 0 Å². The number of aryl methyl sites for hydroxylation is 2. The quantitative estimate of drug-likeness (QED) is 0.414. The molecule has 0 amide bonds. The monoisotopic (exact) mass is 446 g/mol. The second-order valence-corrected chi connectivity index (χ2v) is 7.73. The molecule has 0 unspecified atom stereocenters. The summed E-state index contributed by atoms with van der Waals surface area (Å²) in [6.45, 7) is 4.17. The first-order valence-electron chi connectivity index (χ1n) is 8.77. The zero-order valence-corrected chi connectivity index (χ0v) is 17.3. The van der Waals surface area contributed by atoms with E-state index in [4.69, 9.17) is 5.73 Å². The van der Waals surface area contributed by atoms with Crippen molar-refractivity contribution in [3.63, 3.8) is 0 Å². The number of carbonyl (C=O) groups is 1. The maximum atomic E-state index is 15.4. The number of halogens is 6. The summed E-state index contributed by atoms with van der Waals surface area (Å²) in [6.07, 6.45) is -6.02. The summed E-state index contributed by atoms with van der Waals surface area (Å²) in [5, 5.41) is -2.34. The van der Waals surface area contributed by atoms with Crippen molar-refractivity contribution in [3.8, 4) is 11.1 Å². The molecule has 0 saturated carbocycles. The van der Waals surface area contributed by atoms with Gasteiger partial charge in [0, 0.05) is 16.3 Å². The summed E-state index contributed by atoms with van der Waals surface area (Å²) >= 11 is 0. The molecular formula is C20H18F6NO2Si. The lowest BCUT2D eigenvalue weighted by Gasteiger charge is -2.28. The second kappa shape index (κ2) is 8.42. The van der Waals surface area contributed by atoms with Gasteiger partial charge in [-0.25, -0.2) is 13.2 Å². The molecule has 0 aliphatic carbocycles. The van der Waals surface area contributed by atoms with Gasteiger partial charge in [-0.15, -0.1) is 0 Å². The summed E-state index contributed by atoms with van der Waals surface area (Å²) in [6, 6.07) is 2.34. The fourth-order valence-corrected chi connectivity index (χ4v) is 3.64. The van der Waals surface area contributed by atoms with Gasteiger partial charge in [-0.05, 0) is 55.7 Å². The standard InChI is InChI=1S/C20H18F6NO2Si/c1-4-29-14(28)8-19(27,30)16-17(22)12(7-13(18(16)23)20(24,25)26)15-9(2)5-11(21)6-10(15)3/h5-7H,4,8,27H2,1-3H3/t19-/m0/s1. The van der Waals surface area contributed by atoms with Crippen molar-refractivity contribution in [3.05, 3.63) is 57.9 Å². The van der Waals surface area contributed by atoms with Crippen molar-refractivity contribution in [2.45, 2.75) is 38.5 Å².